The first-order valence-electron chi connectivity index (χ1n) is 4.38. The summed E-state index contributed by atoms with van der Waals surface area (Å²) in [4.78, 5) is 12.8. The number of sulfonamides is 1. The lowest BCUT2D eigenvalue weighted by Gasteiger charge is -2.17. The van der Waals surface area contributed by atoms with E-state index in [0.717, 1.165) is 0 Å². The summed E-state index contributed by atoms with van der Waals surface area (Å²) in [5, 5.41) is 4.35. The van der Waals surface area contributed by atoms with Gasteiger partial charge in [-0.05, 0) is 13.3 Å². The van der Waals surface area contributed by atoms with Crippen LogP contribution in [-0.4, -0.2) is 43.6 Å². The van der Waals surface area contributed by atoms with E-state index in [4.69, 9.17) is 10.9 Å². The van der Waals surface area contributed by atoms with Crippen LogP contribution in [0.15, 0.2) is 0 Å². The third-order valence-corrected chi connectivity index (χ3v) is 3.62. The number of likely N-dealkylation sites (tertiary alicyclic amines) is 1. The maximum absolute atomic E-state index is 11.4. The minimum atomic E-state index is -3.53. The summed E-state index contributed by atoms with van der Waals surface area (Å²) < 4.78 is 22.0. The Balaban J connectivity index is 2.63. The highest BCUT2D eigenvalue weighted by Crippen LogP contribution is 2.15. The summed E-state index contributed by atoms with van der Waals surface area (Å²) in [5.41, 5.74) is 5.40. The summed E-state index contributed by atoms with van der Waals surface area (Å²) in [6.45, 7) is 2.16. The number of carbonyl (C=O) groups is 1. The quantitative estimate of drug-likeness (QED) is 0.575. The van der Waals surface area contributed by atoms with Crippen LogP contribution in [0.4, 0.5) is 0 Å². The molecule has 0 radical (unpaired) electrons. The topological polar surface area (TPSA) is 106 Å². The second kappa shape index (κ2) is 3.84. The van der Waals surface area contributed by atoms with Crippen molar-refractivity contribution < 1.29 is 13.2 Å². The molecule has 0 aromatic rings. The van der Waals surface area contributed by atoms with Crippen molar-refractivity contribution in [1.82, 2.24) is 4.90 Å². The average Bonchev–Trinajstić information content (AvgIpc) is 2.49. The predicted octanol–water partition coefficient (Wildman–Crippen LogP) is -1.78. The molecule has 2 atom stereocenters. The Kier molecular flexibility index (Phi) is 3.13. The Hall–Kier alpha value is -0.660. The first-order valence-corrected chi connectivity index (χ1v) is 5.99. The van der Waals surface area contributed by atoms with E-state index in [1.54, 1.807) is 6.92 Å². The van der Waals surface area contributed by atoms with Crippen LogP contribution in [0.25, 0.3) is 0 Å². The average molecular weight is 221 g/mol. The molecule has 1 saturated heterocycles. The summed E-state index contributed by atoms with van der Waals surface area (Å²) in [5.74, 6) is -0.226. The monoisotopic (exact) mass is 221 g/mol. The molecule has 0 aromatic carbocycles. The fourth-order valence-electron chi connectivity index (χ4n) is 1.48. The van der Waals surface area contributed by atoms with Crippen LogP contribution < -0.4 is 10.9 Å². The molecule has 1 aliphatic heterocycles. The second-order valence-electron chi connectivity index (χ2n) is 3.57. The van der Waals surface area contributed by atoms with Crippen LogP contribution in [-0.2, 0) is 14.8 Å². The first kappa shape index (κ1) is 11.4. The van der Waals surface area contributed by atoms with Gasteiger partial charge in [0.05, 0.1) is 11.3 Å². The SMILES string of the molecule is CC(N)C(=O)N1CCC(S(N)(=O)=O)C1. The van der Waals surface area contributed by atoms with Gasteiger partial charge in [-0.3, -0.25) is 4.79 Å². The minimum absolute atomic E-state index is 0.166. The molecule has 1 aliphatic rings. The van der Waals surface area contributed by atoms with Crippen LogP contribution in [0, 0.1) is 0 Å². The summed E-state index contributed by atoms with van der Waals surface area (Å²) in [7, 11) is -3.53. The first-order chi connectivity index (χ1) is 6.32. The highest BCUT2D eigenvalue weighted by atomic mass is 32.2. The third kappa shape index (κ3) is 2.43. The summed E-state index contributed by atoms with van der Waals surface area (Å²) in [6, 6.07) is -0.589. The third-order valence-electron chi connectivity index (χ3n) is 2.31. The second-order valence-corrected chi connectivity index (χ2v) is 5.42. The van der Waals surface area contributed by atoms with Gasteiger partial charge in [0.25, 0.3) is 0 Å². The molecule has 2 unspecified atom stereocenters. The van der Waals surface area contributed by atoms with E-state index >= 15 is 0 Å². The lowest BCUT2D eigenvalue weighted by atomic mass is 10.3. The van der Waals surface area contributed by atoms with Crippen molar-refractivity contribution in [3.8, 4) is 0 Å². The Morgan fingerprint density at radius 1 is 1.57 bits per heavy atom. The molecule has 1 rings (SSSR count). The van der Waals surface area contributed by atoms with E-state index in [-0.39, 0.29) is 12.5 Å². The molecule has 82 valence electrons. The fraction of sp³-hybridized carbons (Fsp3) is 0.857. The van der Waals surface area contributed by atoms with Crippen LogP contribution in [0.2, 0.25) is 0 Å². The largest absolute Gasteiger partial charge is 0.340 e. The Morgan fingerprint density at radius 3 is 2.50 bits per heavy atom. The molecule has 6 nitrogen and oxygen atoms in total. The highest BCUT2D eigenvalue weighted by molar-refractivity contribution is 7.89. The number of primary sulfonamides is 1. The van der Waals surface area contributed by atoms with Crippen LogP contribution in [0.3, 0.4) is 0 Å². The Bertz CT molecular complexity index is 325. The lowest BCUT2D eigenvalue weighted by molar-refractivity contribution is -0.131. The minimum Gasteiger partial charge on any atom is -0.340 e. The van der Waals surface area contributed by atoms with E-state index in [1.807, 2.05) is 0 Å². The van der Waals surface area contributed by atoms with Crippen molar-refractivity contribution >= 4 is 15.9 Å². The van der Waals surface area contributed by atoms with Gasteiger partial charge < -0.3 is 10.6 Å². The van der Waals surface area contributed by atoms with E-state index in [1.165, 1.54) is 4.90 Å². The lowest BCUT2D eigenvalue weighted by Crippen LogP contribution is -2.42. The van der Waals surface area contributed by atoms with Gasteiger partial charge in [0, 0.05) is 13.1 Å². The van der Waals surface area contributed by atoms with E-state index in [0.29, 0.717) is 13.0 Å². The van der Waals surface area contributed by atoms with Gasteiger partial charge in [0.1, 0.15) is 0 Å². The molecule has 0 aliphatic carbocycles. The number of nitrogens with zero attached hydrogens (tertiary/aromatic N) is 1. The predicted molar refractivity (Wildman–Crippen MR) is 51.7 cm³/mol. The molecule has 14 heavy (non-hydrogen) atoms. The van der Waals surface area contributed by atoms with E-state index in [2.05, 4.69) is 0 Å². The van der Waals surface area contributed by atoms with Gasteiger partial charge in [0.2, 0.25) is 15.9 Å². The van der Waals surface area contributed by atoms with Gasteiger partial charge in [-0.15, -0.1) is 0 Å². The molecule has 0 spiro atoms. The van der Waals surface area contributed by atoms with Crippen LogP contribution in [0.5, 0.6) is 0 Å². The summed E-state index contributed by atoms with van der Waals surface area (Å²) >= 11 is 0. The number of hydrogen-bond acceptors (Lipinski definition) is 4. The zero-order valence-electron chi connectivity index (χ0n) is 8.01. The number of rotatable bonds is 2. The van der Waals surface area contributed by atoms with E-state index in [9.17, 15) is 13.2 Å². The molecule has 1 fully saturated rings. The fourth-order valence-corrected chi connectivity index (χ4v) is 2.31. The van der Waals surface area contributed by atoms with Crippen molar-refractivity contribution in [1.29, 1.82) is 0 Å². The van der Waals surface area contributed by atoms with Crippen molar-refractivity contribution in [2.24, 2.45) is 10.9 Å². The van der Waals surface area contributed by atoms with Gasteiger partial charge in [-0.25, -0.2) is 13.6 Å². The number of nitrogens with two attached hydrogens (primary N) is 2. The molecule has 0 aromatic heterocycles. The highest BCUT2D eigenvalue weighted by Gasteiger charge is 2.33. The smallest absolute Gasteiger partial charge is 0.239 e. The zero-order chi connectivity index (χ0) is 10.9. The maximum Gasteiger partial charge on any atom is 0.239 e. The molecule has 0 bridgehead atoms. The summed E-state index contributed by atoms with van der Waals surface area (Å²) in [6.07, 6.45) is 0.400. The number of carbonyl (C=O) groups excluding carboxylic acids is 1. The van der Waals surface area contributed by atoms with Gasteiger partial charge in [0.15, 0.2) is 0 Å². The molecule has 1 amide bonds. The standard InChI is InChI=1S/C7H15N3O3S/c1-5(8)7(11)10-3-2-6(4-10)14(9,12)13/h5-6H,2-4,8H2,1H3,(H2,9,12,13). The van der Waals surface area contributed by atoms with Crippen molar-refractivity contribution in [2.75, 3.05) is 13.1 Å². The van der Waals surface area contributed by atoms with Crippen LogP contribution >= 0.6 is 0 Å². The maximum atomic E-state index is 11.4. The van der Waals surface area contributed by atoms with Crippen molar-refractivity contribution in [3.05, 3.63) is 0 Å². The number of amides is 1. The van der Waals surface area contributed by atoms with Gasteiger partial charge in [-0.1, -0.05) is 0 Å². The molecule has 4 N–H and O–H groups in total. The molecule has 0 saturated carbocycles. The zero-order valence-corrected chi connectivity index (χ0v) is 8.83. The van der Waals surface area contributed by atoms with Gasteiger partial charge >= 0.3 is 0 Å². The normalized spacial score (nSPS) is 25.1. The van der Waals surface area contributed by atoms with Crippen molar-refractivity contribution in [2.45, 2.75) is 24.6 Å². The van der Waals surface area contributed by atoms with Gasteiger partial charge in [-0.2, -0.15) is 0 Å². The van der Waals surface area contributed by atoms with Crippen molar-refractivity contribution in [3.63, 3.8) is 0 Å². The molecular weight excluding hydrogens is 206 g/mol. The molecular formula is C7H15N3O3S. The Morgan fingerprint density at radius 2 is 2.14 bits per heavy atom. The Labute approximate surface area is 83.3 Å². The van der Waals surface area contributed by atoms with Crippen LogP contribution in [0.1, 0.15) is 13.3 Å². The molecule has 7 heteroatoms. The molecule has 1 heterocycles. The van der Waals surface area contributed by atoms with E-state index < -0.39 is 21.3 Å². The number of hydrogen-bond donors (Lipinski definition) is 2.